The first-order chi connectivity index (χ1) is 8.38. The highest BCUT2D eigenvalue weighted by Crippen LogP contribution is 2.23. The highest BCUT2D eigenvalue weighted by atomic mass is 16.5. The van der Waals surface area contributed by atoms with E-state index < -0.39 is 5.54 Å². The van der Waals surface area contributed by atoms with E-state index >= 15 is 0 Å². The van der Waals surface area contributed by atoms with Gasteiger partial charge in [0.15, 0.2) is 0 Å². The van der Waals surface area contributed by atoms with Gasteiger partial charge in [-0.3, -0.25) is 9.69 Å². The molecule has 1 rings (SSSR count). The van der Waals surface area contributed by atoms with Crippen molar-refractivity contribution in [1.82, 2.24) is 4.90 Å². The van der Waals surface area contributed by atoms with Crippen LogP contribution in [0, 0.1) is 0 Å². The molecule has 0 spiro atoms. The van der Waals surface area contributed by atoms with Crippen molar-refractivity contribution in [2.75, 3.05) is 13.7 Å². The van der Waals surface area contributed by atoms with Crippen LogP contribution in [-0.2, 0) is 9.53 Å². The average Bonchev–Trinajstić information content (AvgIpc) is 2.31. The third-order valence-corrected chi connectivity index (χ3v) is 4.14. The Labute approximate surface area is 111 Å². The largest absolute Gasteiger partial charge is 0.468 e. The molecule has 1 aliphatic rings. The SMILES string of the molecule is COC(=O)C(C)(N)CCCN1C(C)CCCC1C. The molecular weight excluding hydrogens is 228 g/mol. The van der Waals surface area contributed by atoms with Crippen LogP contribution < -0.4 is 5.73 Å². The van der Waals surface area contributed by atoms with E-state index in [1.54, 1.807) is 6.92 Å². The lowest BCUT2D eigenvalue weighted by molar-refractivity contribution is -0.146. The summed E-state index contributed by atoms with van der Waals surface area (Å²) in [4.78, 5) is 14.0. The number of esters is 1. The molecule has 0 aliphatic carbocycles. The molecule has 3 unspecified atom stereocenters. The molecule has 1 heterocycles. The first kappa shape index (κ1) is 15.4. The molecular formula is C14H28N2O2. The van der Waals surface area contributed by atoms with Crippen molar-refractivity contribution in [3.63, 3.8) is 0 Å². The summed E-state index contributed by atoms with van der Waals surface area (Å²) in [5, 5.41) is 0. The molecule has 2 N–H and O–H groups in total. The Morgan fingerprint density at radius 2 is 1.94 bits per heavy atom. The second-order valence-electron chi connectivity index (χ2n) is 5.88. The molecule has 4 heteroatoms. The van der Waals surface area contributed by atoms with Gasteiger partial charge in [0.1, 0.15) is 5.54 Å². The Kier molecular flexibility index (Phi) is 5.60. The normalized spacial score (nSPS) is 28.7. The van der Waals surface area contributed by atoms with Crippen LogP contribution in [0.15, 0.2) is 0 Å². The summed E-state index contributed by atoms with van der Waals surface area (Å²) in [5.74, 6) is -0.317. The molecule has 3 atom stereocenters. The minimum Gasteiger partial charge on any atom is -0.468 e. The number of hydrogen-bond acceptors (Lipinski definition) is 4. The number of hydrogen-bond donors (Lipinski definition) is 1. The zero-order valence-corrected chi connectivity index (χ0v) is 12.2. The number of carbonyl (C=O) groups excluding carboxylic acids is 1. The fourth-order valence-electron chi connectivity index (χ4n) is 2.88. The van der Waals surface area contributed by atoms with Crippen LogP contribution in [0.1, 0.15) is 52.9 Å². The van der Waals surface area contributed by atoms with Gasteiger partial charge < -0.3 is 10.5 Å². The molecule has 0 amide bonds. The van der Waals surface area contributed by atoms with Gasteiger partial charge in [-0.2, -0.15) is 0 Å². The molecule has 0 bridgehead atoms. The zero-order chi connectivity index (χ0) is 13.8. The van der Waals surface area contributed by atoms with Crippen molar-refractivity contribution < 1.29 is 9.53 Å². The van der Waals surface area contributed by atoms with Crippen molar-refractivity contribution in [3.05, 3.63) is 0 Å². The van der Waals surface area contributed by atoms with E-state index in [1.807, 2.05) is 0 Å². The fourth-order valence-corrected chi connectivity index (χ4v) is 2.88. The number of nitrogens with zero attached hydrogens (tertiary/aromatic N) is 1. The quantitative estimate of drug-likeness (QED) is 0.764. The number of piperidine rings is 1. The van der Waals surface area contributed by atoms with Gasteiger partial charge in [0.25, 0.3) is 0 Å². The predicted molar refractivity (Wildman–Crippen MR) is 73.3 cm³/mol. The van der Waals surface area contributed by atoms with E-state index in [0.29, 0.717) is 18.5 Å². The van der Waals surface area contributed by atoms with Crippen LogP contribution in [0.5, 0.6) is 0 Å². The number of methoxy groups -OCH3 is 1. The van der Waals surface area contributed by atoms with Crippen LogP contribution in [0.25, 0.3) is 0 Å². The molecule has 0 radical (unpaired) electrons. The van der Waals surface area contributed by atoms with E-state index in [1.165, 1.54) is 26.4 Å². The number of ether oxygens (including phenoxy) is 1. The van der Waals surface area contributed by atoms with Crippen molar-refractivity contribution in [3.8, 4) is 0 Å². The molecule has 1 fully saturated rings. The maximum absolute atomic E-state index is 11.5. The summed E-state index contributed by atoms with van der Waals surface area (Å²) in [7, 11) is 1.39. The predicted octanol–water partition coefficient (Wildman–Crippen LogP) is 1.92. The first-order valence-electron chi connectivity index (χ1n) is 7.01. The number of likely N-dealkylation sites (tertiary alicyclic amines) is 1. The van der Waals surface area contributed by atoms with Gasteiger partial charge in [-0.05, 0) is 53.0 Å². The average molecular weight is 256 g/mol. The van der Waals surface area contributed by atoms with Crippen LogP contribution in [0.3, 0.4) is 0 Å². The minimum absolute atomic E-state index is 0.317. The van der Waals surface area contributed by atoms with Gasteiger partial charge in [-0.1, -0.05) is 6.42 Å². The number of rotatable bonds is 5. The van der Waals surface area contributed by atoms with Gasteiger partial charge in [0, 0.05) is 12.1 Å². The number of nitrogens with two attached hydrogens (primary N) is 1. The van der Waals surface area contributed by atoms with Gasteiger partial charge in [0.2, 0.25) is 0 Å². The summed E-state index contributed by atoms with van der Waals surface area (Å²) in [6.07, 6.45) is 5.50. The molecule has 0 aromatic carbocycles. The van der Waals surface area contributed by atoms with E-state index in [9.17, 15) is 4.79 Å². The van der Waals surface area contributed by atoms with E-state index in [4.69, 9.17) is 10.5 Å². The standard InChI is InChI=1S/C14H28N2O2/c1-11-7-5-8-12(2)16(11)10-6-9-14(3,15)13(17)18-4/h11-12H,5-10,15H2,1-4H3. The van der Waals surface area contributed by atoms with Crippen LogP contribution >= 0.6 is 0 Å². The minimum atomic E-state index is -0.850. The summed E-state index contributed by atoms with van der Waals surface area (Å²) in [5.41, 5.74) is 5.11. The third kappa shape index (κ3) is 3.95. The van der Waals surface area contributed by atoms with Gasteiger partial charge >= 0.3 is 5.97 Å². The second kappa shape index (κ2) is 6.53. The van der Waals surface area contributed by atoms with Crippen LogP contribution in [0.4, 0.5) is 0 Å². The Balaban J connectivity index is 2.38. The molecule has 4 nitrogen and oxygen atoms in total. The maximum Gasteiger partial charge on any atom is 0.325 e. The zero-order valence-electron chi connectivity index (χ0n) is 12.2. The Morgan fingerprint density at radius 1 is 1.39 bits per heavy atom. The van der Waals surface area contributed by atoms with Crippen molar-refractivity contribution >= 4 is 5.97 Å². The summed E-state index contributed by atoms with van der Waals surface area (Å²) in [6.45, 7) is 7.35. The molecule has 0 aromatic heterocycles. The van der Waals surface area contributed by atoms with Crippen molar-refractivity contribution in [2.24, 2.45) is 5.73 Å². The van der Waals surface area contributed by atoms with E-state index in [-0.39, 0.29) is 5.97 Å². The van der Waals surface area contributed by atoms with Crippen molar-refractivity contribution in [2.45, 2.75) is 70.5 Å². The van der Waals surface area contributed by atoms with E-state index in [2.05, 4.69) is 18.7 Å². The van der Waals surface area contributed by atoms with Gasteiger partial charge in [-0.15, -0.1) is 0 Å². The monoisotopic (exact) mass is 256 g/mol. The fraction of sp³-hybridized carbons (Fsp3) is 0.929. The maximum atomic E-state index is 11.5. The molecule has 1 saturated heterocycles. The Hall–Kier alpha value is -0.610. The molecule has 1 aliphatic heterocycles. The Morgan fingerprint density at radius 3 is 2.44 bits per heavy atom. The Bertz CT molecular complexity index is 269. The smallest absolute Gasteiger partial charge is 0.325 e. The molecule has 106 valence electrons. The van der Waals surface area contributed by atoms with E-state index in [0.717, 1.165) is 13.0 Å². The first-order valence-corrected chi connectivity index (χ1v) is 7.01. The molecule has 0 saturated carbocycles. The molecule has 18 heavy (non-hydrogen) atoms. The number of carbonyl (C=O) groups is 1. The summed E-state index contributed by atoms with van der Waals surface area (Å²) in [6, 6.07) is 1.30. The van der Waals surface area contributed by atoms with Crippen molar-refractivity contribution in [1.29, 1.82) is 0 Å². The van der Waals surface area contributed by atoms with Crippen LogP contribution in [0.2, 0.25) is 0 Å². The summed E-state index contributed by atoms with van der Waals surface area (Å²) < 4.78 is 4.72. The lowest BCUT2D eigenvalue weighted by Crippen LogP contribution is -2.48. The third-order valence-electron chi connectivity index (χ3n) is 4.14. The highest BCUT2D eigenvalue weighted by molar-refractivity contribution is 5.79. The van der Waals surface area contributed by atoms with Gasteiger partial charge in [0.05, 0.1) is 7.11 Å². The highest BCUT2D eigenvalue weighted by Gasteiger charge is 2.30. The topological polar surface area (TPSA) is 55.6 Å². The summed E-state index contributed by atoms with van der Waals surface area (Å²) >= 11 is 0. The second-order valence-corrected chi connectivity index (χ2v) is 5.88. The lowest BCUT2D eigenvalue weighted by Gasteiger charge is -2.39. The van der Waals surface area contributed by atoms with Gasteiger partial charge in [-0.25, -0.2) is 0 Å². The lowest BCUT2D eigenvalue weighted by atomic mass is 9.94. The molecule has 0 aromatic rings. The van der Waals surface area contributed by atoms with Crippen LogP contribution in [-0.4, -0.2) is 42.1 Å².